The maximum Gasteiger partial charge on any atom is 0.291 e. The number of aryl methyl sites for hydroxylation is 1. The molecule has 0 saturated heterocycles. The number of carbonyl (C=O) groups excluding carboxylic acids is 2. The van der Waals surface area contributed by atoms with E-state index in [1.807, 2.05) is 6.92 Å². The summed E-state index contributed by atoms with van der Waals surface area (Å²) < 4.78 is 21.1. The van der Waals surface area contributed by atoms with Gasteiger partial charge in [-0.1, -0.05) is 0 Å². The third-order valence-electron chi connectivity index (χ3n) is 4.28. The molecular weight excluding hydrogens is 408 g/mol. The lowest BCUT2D eigenvalue weighted by atomic mass is 10.1. The Kier molecular flexibility index (Phi) is 6.63. The van der Waals surface area contributed by atoms with E-state index in [9.17, 15) is 9.59 Å². The van der Waals surface area contributed by atoms with Gasteiger partial charge < -0.3 is 29.3 Å². The zero-order valence-corrected chi connectivity index (χ0v) is 17.8. The standard InChI is InChI=1S/C21H22N2O6S/c1-12-8-17(23-20(24)14-6-5-7-29-14)30-19(12)21(25)22-11-13-9-15(26-2)18(28-4)16(10-13)27-3/h5-10H,11H2,1-4H3,(H,22,25)(H,23,24). The molecule has 2 aromatic heterocycles. The average Bonchev–Trinajstić information content (AvgIpc) is 3.41. The monoisotopic (exact) mass is 430 g/mol. The third-order valence-corrected chi connectivity index (χ3v) is 5.43. The number of methoxy groups -OCH3 is 3. The maximum absolute atomic E-state index is 12.7. The molecule has 2 amide bonds. The van der Waals surface area contributed by atoms with Gasteiger partial charge in [0.2, 0.25) is 5.75 Å². The molecule has 2 N–H and O–H groups in total. The van der Waals surface area contributed by atoms with Gasteiger partial charge in [-0.25, -0.2) is 0 Å². The van der Waals surface area contributed by atoms with Crippen LogP contribution in [0.1, 0.15) is 31.4 Å². The second kappa shape index (κ2) is 9.36. The fourth-order valence-corrected chi connectivity index (χ4v) is 3.83. The van der Waals surface area contributed by atoms with Crippen molar-refractivity contribution < 1.29 is 28.2 Å². The summed E-state index contributed by atoms with van der Waals surface area (Å²) in [4.78, 5) is 25.3. The lowest BCUT2D eigenvalue weighted by Gasteiger charge is -2.14. The van der Waals surface area contributed by atoms with Crippen LogP contribution in [-0.4, -0.2) is 33.1 Å². The summed E-state index contributed by atoms with van der Waals surface area (Å²) >= 11 is 1.19. The summed E-state index contributed by atoms with van der Waals surface area (Å²) in [5.74, 6) is 1.10. The fraction of sp³-hybridized carbons (Fsp3) is 0.238. The topological polar surface area (TPSA) is 99.0 Å². The van der Waals surface area contributed by atoms with Crippen molar-refractivity contribution in [2.24, 2.45) is 0 Å². The molecule has 0 fully saturated rings. The summed E-state index contributed by atoms with van der Waals surface area (Å²) in [5.41, 5.74) is 1.55. The number of hydrogen-bond donors (Lipinski definition) is 2. The van der Waals surface area contributed by atoms with Crippen molar-refractivity contribution in [3.8, 4) is 17.2 Å². The number of ether oxygens (including phenoxy) is 3. The van der Waals surface area contributed by atoms with Crippen LogP contribution in [0.3, 0.4) is 0 Å². The van der Waals surface area contributed by atoms with Gasteiger partial charge in [0.1, 0.15) is 0 Å². The zero-order chi connectivity index (χ0) is 21.7. The van der Waals surface area contributed by atoms with Gasteiger partial charge in [-0.05, 0) is 48.4 Å². The summed E-state index contributed by atoms with van der Waals surface area (Å²) in [6.45, 7) is 2.08. The highest BCUT2D eigenvalue weighted by atomic mass is 32.1. The van der Waals surface area contributed by atoms with E-state index in [-0.39, 0.29) is 24.1 Å². The first-order chi connectivity index (χ1) is 14.5. The normalized spacial score (nSPS) is 10.4. The molecule has 0 spiro atoms. The highest BCUT2D eigenvalue weighted by molar-refractivity contribution is 7.18. The molecule has 0 saturated carbocycles. The van der Waals surface area contributed by atoms with Crippen molar-refractivity contribution in [3.05, 3.63) is 58.4 Å². The number of rotatable bonds is 8. The summed E-state index contributed by atoms with van der Waals surface area (Å²) in [6.07, 6.45) is 1.43. The first-order valence-corrected chi connectivity index (χ1v) is 9.80. The van der Waals surface area contributed by atoms with E-state index in [4.69, 9.17) is 18.6 Å². The van der Waals surface area contributed by atoms with Crippen LogP contribution in [-0.2, 0) is 6.54 Å². The van der Waals surface area contributed by atoms with E-state index in [2.05, 4.69) is 10.6 Å². The number of furan rings is 1. The minimum Gasteiger partial charge on any atom is -0.493 e. The average molecular weight is 430 g/mol. The van der Waals surface area contributed by atoms with Crippen molar-refractivity contribution in [3.63, 3.8) is 0 Å². The van der Waals surface area contributed by atoms with Crippen LogP contribution < -0.4 is 24.8 Å². The predicted molar refractivity (Wildman–Crippen MR) is 113 cm³/mol. The first-order valence-electron chi connectivity index (χ1n) is 8.99. The van der Waals surface area contributed by atoms with Crippen LogP contribution >= 0.6 is 11.3 Å². The van der Waals surface area contributed by atoms with Crippen LogP contribution in [0.2, 0.25) is 0 Å². The molecule has 0 radical (unpaired) electrons. The Morgan fingerprint density at radius 1 is 1.03 bits per heavy atom. The van der Waals surface area contributed by atoms with Gasteiger partial charge in [0.15, 0.2) is 17.3 Å². The minimum atomic E-state index is -0.370. The molecule has 0 unspecified atom stereocenters. The van der Waals surface area contributed by atoms with E-state index in [0.29, 0.717) is 27.1 Å². The summed E-state index contributed by atoms with van der Waals surface area (Å²) in [6, 6.07) is 8.51. The summed E-state index contributed by atoms with van der Waals surface area (Å²) in [7, 11) is 4.60. The van der Waals surface area contributed by atoms with Crippen molar-refractivity contribution in [2.45, 2.75) is 13.5 Å². The molecule has 2 heterocycles. The largest absolute Gasteiger partial charge is 0.493 e. The first kappa shape index (κ1) is 21.3. The van der Waals surface area contributed by atoms with Crippen molar-refractivity contribution in [1.82, 2.24) is 5.32 Å². The van der Waals surface area contributed by atoms with E-state index in [1.54, 1.807) is 30.3 Å². The van der Waals surface area contributed by atoms with Crippen LogP contribution in [0.15, 0.2) is 41.0 Å². The number of nitrogens with one attached hydrogen (secondary N) is 2. The molecule has 3 aromatic rings. The van der Waals surface area contributed by atoms with Gasteiger partial charge in [0.25, 0.3) is 11.8 Å². The van der Waals surface area contributed by atoms with E-state index < -0.39 is 0 Å². The number of hydrogen-bond acceptors (Lipinski definition) is 7. The number of anilines is 1. The van der Waals surface area contributed by atoms with Crippen LogP contribution in [0.5, 0.6) is 17.2 Å². The van der Waals surface area contributed by atoms with Gasteiger partial charge in [-0.3, -0.25) is 9.59 Å². The maximum atomic E-state index is 12.7. The molecule has 0 atom stereocenters. The molecular formula is C21H22N2O6S. The predicted octanol–water partition coefficient (Wildman–Crippen LogP) is 3.86. The Labute approximate surface area is 177 Å². The number of thiophene rings is 1. The minimum absolute atomic E-state index is 0.203. The van der Waals surface area contributed by atoms with Crippen LogP contribution in [0, 0.1) is 6.92 Å². The molecule has 30 heavy (non-hydrogen) atoms. The molecule has 0 bridgehead atoms. The Morgan fingerprint density at radius 3 is 2.30 bits per heavy atom. The molecule has 0 aliphatic carbocycles. The number of carbonyl (C=O) groups is 2. The quantitative estimate of drug-likeness (QED) is 0.563. The molecule has 3 rings (SSSR count). The molecule has 9 heteroatoms. The van der Waals surface area contributed by atoms with Crippen LogP contribution in [0.4, 0.5) is 5.00 Å². The van der Waals surface area contributed by atoms with Gasteiger partial charge in [-0.2, -0.15) is 0 Å². The second-order valence-corrected chi connectivity index (χ2v) is 7.32. The highest BCUT2D eigenvalue weighted by Gasteiger charge is 2.18. The lowest BCUT2D eigenvalue weighted by molar-refractivity contribution is 0.0953. The zero-order valence-electron chi connectivity index (χ0n) is 17.0. The van der Waals surface area contributed by atoms with Crippen molar-refractivity contribution in [1.29, 1.82) is 0 Å². The SMILES string of the molecule is COc1cc(CNC(=O)c2sc(NC(=O)c3ccco3)cc2C)cc(OC)c1OC. The third kappa shape index (κ3) is 4.57. The Morgan fingerprint density at radius 2 is 1.73 bits per heavy atom. The molecule has 158 valence electrons. The second-order valence-electron chi connectivity index (χ2n) is 6.27. The van der Waals surface area contributed by atoms with Gasteiger partial charge in [0, 0.05) is 6.54 Å². The molecule has 0 aliphatic heterocycles. The molecule has 1 aromatic carbocycles. The van der Waals surface area contributed by atoms with Crippen molar-refractivity contribution >= 4 is 28.2 Å². The van der Waals surface area contributed by atoms with Crippen LogP contribution in [0.25, 0.3) is 0 Å². The number of amides is 2. The number of benzene rings is 1. The van der Waals surface area contributed by atoms with E-state index in [0.717, 1.165) is 11.1 Å². The van der Waals surface area contributed by atoms with E-state index >= 15 is 0 Å². The van der Waals surface area contributed by atoms with E-state index in [1.165, 1.54) is 38.9 Å². The summed E-state index contributed by atoms with van der Waals surface area (Å²) in [5, 5.41) is 6.18. The Hall–Kier alpha value is -3.46. The fourth-order valence-electron chi connectivity index (χ4n) is 2.85. The highest BCUT2D eigenvalue weighted by Crippen LogP contribution is 2.38. The molecule has 8 nitrogen and oxygen atoms in total. The Balaban J connectivity index is 1.69. The van der Waals surface area contributed by atoms with Crippen molar-refractivity contribution in [2.75, 3.05) is 26.6 Å². The smallest absolute Gasteiger partial charge is 0.291 e. The Bertz CT molecular complexity index is 1020. The van der Waals surface area contributed by atoms with Gasteiger partial charge >= 0.3 is 0 Å². The van der Waals surface area contributed by atoms with Gasteiger partial charge in [-0.15, -0.1) is 11.3 Å². The van der Waals surface area contributed by atoms with Gasteiger partial charge in [0.05, 0.1) is 37.5 Å². The molecule has 0 aliphatic rings. The lowest BCUT2D eigenvalue weighted by Crippen LogP contribution is -2.22.